The second kappa shape index (κ2) is 7.45. The van der Waals surface area contributed by atoms with E-state index in [0.717, 1.165) is 5.56 Å². The Kier molecular flexibility index (Phi) is 5.11. The molecule has 2 atom stereocenters. The van der Waals surface area contributed by atoms with Crippen molar-refractivity contribution in [2.75, 3.05) is 18.0 Å². The molecule has 3 rings (SSSR count). The number of ether oxygens (including phenoxy) is 1. The first-order valence-electron chi connectivity index (χ1n) is 8.18. The zero-order valence-electron chi connectivity index (χ0n) is 14.2. The predicted molar refractivity (Wildman–Crippen MR) is 94.2 cm³/mol. The third-order valence-corrected chi connectivity index (χ3v) is 3.97. The summed E-state index contributed by atoms with van der Waals surface area (Å²) >= 11 is 0. The Morgan fingerprint density at radius 1 is 1.24 bits per heavy atom. The Hall–Kier alpha value is -2.71. The fourth-order valence-electron chi connectivity index (χ4n) is 3.06. The number of hydrogen-bond acceptors (Lipinski definition) is 4. The van der Waals surface area contributed by atoms with Crippen molar-refractivity contribution in [1.29, 1.82) is 0 Å². The number of aldehydes is 1. The third-order valence-electron chi connectivity index (χ3n) is 3.97. The van der Waals surface area contributed by atoms with Crippen LogP contribution in [0.4, 0.5) is 10.1 Å². The van der Waals surface area contributed by atoms with E-state index in [1.54, 1.807) is 24.5 Å². The molecule has 0 aliphatic carbocycles. The van der Waals surface area contributed by atoms with Crippen molar-refractivity contribution in [3.63, 3.8) is 0 Å². The molecule has 0 spiro atoms. The lowest BCUT2D eigenvalue weighted by atomic mass is 10.1. The third kappa shape index (κ3) is 4.04. The molecule has 2 unspecified atom stereocenters. The van der Waals surface area contributed by atoms with Crippen molar-refractivity contribution >= 4 is 12.0 Å². The number of aromatic nitrogens is 1. The Bertz CT molecular complexity index is 817. The van der Waals surface area contributed by atoms with Gasteiger partial charge in [-0.15, -0.1) is 0 Å². The summed E-state index contributed by atoms with van der Waals surface area (Å²) in [6.45, 7) is 4.97. The van der Waals surface area contributed by atoms with E-state index in [2.05, 4.69) is 16.8 Å². The summed E-state index contributed by atoms with van der Waals surface area (Å²) in [5.41, 5.74) is 1.82. The summed E-state index contributed by atoms with van der Waals surface area (Å²) in [5.74, 6) is 5.37. The zero-order valence-corrected chi connectivity index (χ0v) is 14.2. The van der Waals surface area contributed by atoms with E-state index in [1.165, 1.54) is 6.07 Å². The van der Waals surface area contributed by atoms with Crippen molar-refractivity contribution in [3.8, 4) is 11.8 Å². The number of benzene rings is 1. The monoisotopic (exact) mass is 338 g/mol. The topological polar surface area (TPSA) is 42.4 Å². The van der Waals surface area contributed by atoms with Gasteiger partial charge in [0.05, 0.1) is 17.9 Å². The first-order chi connectivity index (χ1) is 12.1. The van der Waals surface area contributed by atoms with Gasteiger partial charge in [-0.25, -0.2) is 4.39 Å². The quantitative estimate of drug-likeness (QED) is 0.623. The fraction of sp³-hybridized carbons (Fsp3) is 0.300. The molecule has 1 aliphatic heterocycles. The smallest absolute Gasteiger partial charge is 0.152 e. The lowest BCUT2D eigenvalue weighted by Gasteiger charge is -2.37. The standard InChI is InChI=1S/C20H19FN2O2/c1-14-11-23(12-15(2)25-14)20-18(13-24)8-17(9-19(20)21)6-5-16-4-3-7-22-10-16/h3-4,7-10,13-15H,11-12H2,1-2H3. The molecule has 1 aromatic carbocycles. The second-order valence-corrected chi connectivity index (χ2v) is 6.17. The van der Waals surface area contributed by atoms with Crippen LogP contribution >= 0.6 is 0 Å². The van der Waals surface area contributed by atoms with Crippen LogP contribution in [0.25, 0.3) is 0 Å². The van der Waals surface area contributed by atoms with Crippen LogP contribution in [0.1, 0.15) is 35.3 Å². The number of pyridine rings is 1. The average Bonchev–Trinajstić information content (AvgIpc) is 2.59. The summed E-state index contributed by atoms with van der Waals surface area (Å²) in [4.78, 5) is 17.4. The lowest BCUT2D eigenvalue weighted by Crippen LogP contribution is -2.46. The predicted octanol–water partition coefficient (Wildman–Crippen LogP) is 3.05. The Morgan fingerprint density at radius 3 is 2.60 bits per heavy atom. The highest BCUT2D eigenvalue weighted by Gasteiger charge is 2.26. The van der Waals surface area contributed by atoms with Gasteiger partial charge in [-0.05, 0) is 38.1 Å². The summed E-state index contributed by atoms with van der Waals surface area (Å²) in [7, 11) is 0. The SMILES string of the molecule is CC1CN(c2c(F)cc(C#Cc3cccnc3)cc2C=O)CC(C)O1. The molecule has 2 aromatic rings. The minimum atomic E-state index is -0.443. The van der Waals surface area contributed by atoms with Crippen LogP contribution in [0.5, 0.6) is 0 Å². The molecule has 0 N–H and O–H groups in total. The van der Waals surface area contributed by atoms with Crippen molar-refractivity contribution in [1.82, 2.24) is 4.98 Å². The van der Waals surface area contributed by atoms with E-state index in [1.807, 2.05) is 24.8 Å². The number of rotatable bonds is 2. The van der Waals surface area contributed by atoms with Gasteiger partial charge in [-0.2, -0.15) is 0 Å². The molecule has 0 saturated carbocycles. The molecule has 5 heteroatoms. The maximum atomic E-state index is 14.7. The Labute approximate surface area is 146 Å². The van der Waals surface area contributed by atoms with Gasteiger partial charge in [0.15, 0.2) is 6.29 Å². The van der Waals surface area contributed by atoms with Gasteiger partial charge in [0.2, 0.25) is 0 Å². The van der Waals surface area contributed by atoms with Gasteiger partial charge in [-0.3, -0.25) is 9.78 Å². The molecule has 0 radical (unpaired) electrons. The summed E-state index contributed by atoms with van der Waals surface area (Å²) in [5, 5.41) is 0. The number of nitrogens with zero attached hydrogens (tertiary/aromatic N) is 2. The van der Waals surface area contributed by atoms with Crippen molar-refractivity contribution in [2.24, 2.45) is 0 Å². The van der Waals surface area contributed by atoms with Crippen LogP contribution in [-0.4, -0.2) is 36.6 Å². The molecule has 25 heavy (non-hydrogen) atoms. The first kappa shape index (κ1) is 17.1. The van der Waals surface area contributed by atoms with Crippen molar-refractivity contribution in [3.05, 3.63) is 59.2 Å². The highest BCUT2D eigenvalue weighted by molar-refractivity contribution is 5.86. The van der Waals surface area contributed by atoms with Crippen LogP contribution in [0, 0.1) is 17.7 Å². The molecule has 0 bridgehead atoms. The van der Waals surface area contributed by atoms with E-state index in [4.69, 9.17) is 4.74 Å². The number of carbonyl (C=O) groups is 1. The average molecular weight is 338 g/mol. The number of morpholine rings is 1. The van der Waals surface area contributed by atoms with Crippen molar-refractivity contribution in [2.45, 2.75) is 26.1 Å². The molecule has 1 fully saturated rings. The number of anilines is 1. The van der Waals surface area contributed by atoms with E-state index >= 15 is 0 Å². The van der Waals surface area contributed by atoms with E-state index in [-0.39, 0.29) is 12.2 Å². The molecule has 0 amide bonds. The normalized spacial score (nSPS) is 19.9. The lowest BCUT2D eigenvalue weighted by molar-refractivity contribution is -0.00543. The molecule has 4 nitrogen and oxygen atoms in total. The summed E-state index contributed by atoms with van der Waals surface area (Å²) < 4.78 is 20.4. The van der Waals surface area contributed by atoms with Crippen LogP contribution in [0.3, 0.4) is 0 Å². The van der Waals surface area contributed by atoms with E-state index in [9.17, 15) is 9.18 Å². The van der Waals surface area contributed by atoms with Crippen LogP contribution in [0.2, 0.25) is 0 Å². The Morgan fingerprint density at radius 2 is 1.96 bits per heavy atom. The van der Waals surface area contributed by atoms with Gasteiger partial charge in [0, 0.05) is 42.2 Å². The minimum absolute atomic E-state index is 0.0206. The Balaban J connectivity index is 1.94. The van der Waals surface area contributed by atoms with Gasteiger partial charge in [-0.1, -0.05) is 11.8 Å². The zero-order chi connectivity index (χ0) is 17.8. The maximum absolute atomic E-state index is 14.7. The van der Waals surface area contributed by atoms with Gasteiger partial charge in [0.25, 0.3) is 0 Å². The number of halogens is 1. The fourth-order valence-corrected chi connectivity index (χ4v) is 3.06. The summed E-state index contributed by atoms with van der Waals surface area (Å²) in [6, 6.07) is 6.60. The molecule has 128 valence electrons. The molecule has 1 aliphatic rings. The largest absolute Gasteiger partial charge is 0.372 e. The summed E-state index contributed by atoms with van der Waals surface area (Å²) in [6.07, 6.45) is 3.93. The van der Waals surface area contributed by atoms with Gasteiger partial charge >= 0.3 is 0 Å². The van der Waals surface area contributed by atoms with E-state index < -0.39 is 5.82 Å². The number of hydrogen-bond donors (Lipinski definition) is 0. The second-order valence-electron chi connectivity index (χ2n) is 6.17. The molecular weight excluding hydrogens is 319 g/mol. The molecule has 1 saturated heterocycles. The highest BCUT2D eigenvalue weighted by Crippen LogP contribution is 2.28. The first-order valence-corrected chi connectivity index (χ1v) is 8.18. The van der Waals surface area contributed by atoms with Crippen LogP contribution in [0.15, 0.2) is 36.7 Å². The van der Waals surface area contributed by atoms with E-state index in [0.29, 0.717) is 36.2 Å². The van der Waals surface area contributed by atoms with Crippen molar-refractivity contribution < 1.29 is 13.9 Å². The van der Waals surface area contributed by atoms with Crippen LogP contribution < -0.4 is 4.90 Å². The van der Waals surface area contributed by atoms with Crippen LogP contribution in [-0.2, 0) is 4.74 Å². The van der Waals surface area contributed by atoms with Gasteiger partial charge in [0.1, 0.15) is 5.82 Å². The molecule has 2 heterocycles. The number of carbonyl (C=O) groups excluding carboxylic acids is 1. The van der Waals surface area contributed by atoms with Gasteiger partial charge < -0.3 is 9.64 Å². The highest BCUT2D eigenvalue weighted by atomic mass is 19.1. The maximum Gasteiger partial charge on any atom is 0.152 e. The minimum Gasteiger partial charge on any atom is -0.372 e. The molecule has 1 aromatic heterocycles. The molecular formula is C20H19FN2O2.